The molecule has 0 saturated carbocycles. The highest BCUT2D eigenvalue weighted by atomic mass is 32.1. The average Bonchev–Trinajstić information content (AvgIpc) is 3.43. The number of aliphatic hydroxyl groups is 1. The molecule has 3 aromatic rings. The zero-order chi connectivity index (χ0) is 20.8. The highest BCUT2D eigenvalue weighted by molar-refractivity contribution is 7.12. The molecule has 1 atom stereocenters. The first kappa shape index (κ1) is 20.3. The fourth-order valence-electron chi connectivity index (χ4n) is 2.47. The third kappa shape index (κ3) is 5.09. The lowest BCUT2D eigenvalue weighted by molar-refractivity contribution is -0.136. The van der Waals surface area contributed by atoms with Gasteiger partial charge in [-0.15, -0.1) is 11.3 Å². The molecule has 3 rings (SSSR count). The zero-order valence-electron chi connectivity index (χ0n) is 15.4. The molecule has 8 nitrogen and oxygen atoms in total. The summed E-state index contributed by atoms with van der Waals surface area (Å²) in [5.41, 5.74) is 0.706. The first-order valence-corrected chi connectivity index (χ1v) is 9.37. The van der Waals surface area contributed by atoms with E-state index >= 15 is 0 Å². The summed E-state index contributed by atoms with van der Waals surface area (Å²) in [7, 11) is 1.27. The molecule has 0 radical (unpaired) electrons. The van der Waals surface area contributed by atoms with Gasteiger partial charge in [0.05, 0.1) is 25.5 Å². The third-order valence-corrected chi connectivity index (χ3v) is 5.10. The Hall–Kier alpha value is -3.43. The number of furan rings is 1. The summed E-state index contributed by atoms with van der Waals surface area (Å²) < 4.78 is 9.78. The molecule has 0 spiro atoms. The van der Waals surface area contributed by atoms with Gasteiger partial charge >= 0.3 is 17.8 Å². The van der Waals surface area contributed by atoms with Crippen molar-refractivity contribution in [1.82, 2.24) is 5.32 Å². The number of hydrogen-bond acceptors (Lipinski definition) is 7. The lowest BCUT2D eigenvalue weighted by Gasteiger charge is -2.07. The van der Waals surface area contributed by atoms with Crippen LogP contribution in [0.2, 0.25) is 0 Å². The number of rotatable bonds is 6. The molecule has 0 aliphatic heterocycles. The number of carbonyl (C=O) groups excluding carboxylic acids is 3. The van der Waals surface area contributed by atoms with Crippen LogP contribution in [0.1, 0.15) is 32.0 Å². The molecule has 0 aliphatic carbocycles. The number of hydrogen-bond donors (Lipinski definition) is 3. The molecule has 2 amide bonds. The number of benzene rings is 1. The van der Waals surface area contributed by atoms with Crippen molar-refractivity contribution in [1.29, 1.82) is 0 Å². The topological polar surface area (TPSA) is 118 Å². The molecule has 0 aliphatic rings. The molecule has 2 heterocycles. The van der Waals surface area contributed by atoms with Crippen LogP contribution in [0.15, 0.2) is 59.2 Å². The molecule has 0 fully saturated rings. The lowest BCUT2D eigenvalue weighted by Crippen LogP contribution is -2.34. The molecule has 9 heteroatoms. The van der Waals surface area contributed by atoms with Crippen LogP contribution >= 0.6 is 11.3 Å². The van der Waals surface area contributed by atoms with Crippen LogP contribution in [0.3, 0.4) is 0 Å². The second-order valence-corrected chi connectivity index (χ2v) is 7.13. The van der Waals surface area contributed by atoms with Crippen LogP contribution in [0.5, 0.6) is 0 Å². The lowest BCUT2D eigenvalue weighted by atomic mass is 10.2. The van der Waals surface area contributed by atoms with Crippen molar-refractivity contribution in [2.45, 2.75) is 12.6 Å². The molecule has 0 unspecified atom stereocenters. The van der Waals surface area contributed by atoms with Gasteiger partial charge < -0.3 is 24.9 Å². The van der Waals surface area contributed by atoms with Crippen molar-refractivity contribution in [3.05, 3.63) is 75.9 Å². The molecule has 0 saturated heterocycles. The number of amides is 2. The van der Waals surface area contributed by atoms with E-state index in [4.69, 9.17) is 4.42 Å². The second-order valence-electron chi connectivity index (χ2n) is 5.93. The normalized spacial score (nSPS) is 11.5. The molecule has 29 heavy (non-hydrogen) atoms. The van der Waals surface area contributed by atoms with E-state index in [9.17, 15) is 19.5 Å². The van der Waals surface area contributed by atoms with E-state index in [1.165, 1.54) is 49.0 Å². The first-order valence-electron chi connectivity index (χ1n) is 8.55. The minimum atomic E-state index is -0.879. The summed E-state index contributed by atoms with van der Waals surface area (Å²) in [6.07, 6.45) is 0.602. The number of aliphatic hydroxyl groups excluding tert-OH is 1. The summed E-state index contributed by atoms with van der Waals surface area (Å²) in [5.74, 6) is -1.69. The predicted molar refractivity (Wildman–Crippen MR) is 105 cm³/mol. The Labute approximate surface area is 170 Å². The Morgan fingerprint density at radius 3 is 2.52 bits per heavy atom. The molecule has 3 N–H and O–H groups in total. The Morgan fingerprint density at radius 2 is 1.86 bits per heavy atom. The Kier molecular flexibility index (Phi) is 6.43. The van der Waals surface area contributed by atoms with Crippen LogP contribution in [-0.4, -0.2) is 30.0 Å². The fourth-order valence-corrected chi connectivity index (χ4v) is 3.41. The van der Waals surface area contributed by atoms with Crippen molar-refractivity contribution in [2.24, 2.45) is 0 Å². The van der Waals surface area contributed by atoms with Gasteiger partial charge in [-0.3, -0.25) is 9.59 Å². The molecular weight excluding hydrogens is 396 g/mol. The van der Waals surface area contributed by atoms with Crippen molar-refractivity contribution in [2.75, 3.05) is 12.4 Å². The van der Waals surface area contributed by atoms with Gasteiger partial charge in [0.1, 0.15) is 11.9 Å². The van der Waals surface area contributed by atoms with Crippen LogP contribution in [0.4, 0.5) is 5.69 Å². The number of nitrogens with one attached hydrogen (secondary N) is 2. The highest BCUT2D eigenvalue weighted by Gasteiger charge is 2.17. The van der Waals surface area contributed by atoms with Gasteiger partial charge in [0.25, 0.3) is 0 Å². The summed E-state index contributed by atoms with van der Waals surface area (Å²) >= 11 is 1.30. The number of carbonyl (C=O) groups is 3. The maximum Gasteiger partial charge on any atom is 0.337 e. The van der Waals surface area contributed by atoms with Gasteiger partial charge in [0.15, 0.2) is 0 Å². The maximum atomic E-state index is 12.0. The molecule has 2 aromatic heterocycles. The highest BCUT2D eigenvalue weighted by Crippen LogP contribution is 2.28. The van der Waals surface area contributed by atoms with Crippen LogP contribution in [0, 0.1) is 0 Å². The minimum absolute atomic E-state index is 0.142. The smallest absolute Gasteiger partial charge is 0.337 e. The quantitative estimate of drug-likeness (QED) is 0.421. The third-order valence-electron chi connectivity index (χ3n) is 3.96. The monoisotopic (exact) mass is 414 g/mol. The maximum absolute atomic E-state index is 12.0. The van der Waals surface area contributed by atoms with E-state index in [0.717, 1.165) is 4.88 Å². The zero-order valence-corrected chi connectivity index (χ0v) is 16.2. The van der Waals surface area contributed by atoms with Crippen molar-refractivity contribution >= 4 is 34.8 Å². The first-order chi connectivity index (χ1) is 14.0. The van der Waals surface area contributed by atoms with E-state index in [1.54, 1.807) is 24.3 Å². The van der Waals surface area contributed by atoms with E-state index in [2.05, 4.69) is 15.4 Å². The molecule has 1 aromatic carbocycles. The van der Waals surface area contributed by atoms with E-state index < -0.39 is 23.9 Å². The number of anilines is 1. The van der Waals surface area contributed by atoms with Gasteiger partial charge in [0.2, 0.25) is 0 Å². The predicted octanol–water partition coefficient (Wildman–Crippen LogP) is 2.46. The van der Waals surface area contributed by atoms with Gasteiger partial charge in [-0.2, -0.15) is 0 Å². The van der Waals surface area contributed by atoms with Crippen LogP contribution in [-0.2, 0) is 20.9 Å². The summed E-state index contributed by atoms with van der Waals surface area (Å²) in [4.78, 5) is 36.9. The van der Waals surface area contributed by atoms with Gasteiger partial charge in [0, 0.05) is 15.4 Å². The molecule has 0 bridgehead atoms. The standard InChI is InChI=1S/C20H18N2O6S/c1-27-20(26)12-4-6-13(7-5-12)22-19(25)18(24)21-11-14-8-9-16(29-14)17(23)15-3-2-10-28-15/h2-10,17,23H,11H2,1H3,(H,21,24)(H,22,25)/t17-/m0/s1. The van der Waals surface area contributed by atoms with E-state index in [0.29, 0.717) is 21.9 Å². The Balaban J connectivity index is 1.51. The summed E-state index contributed by atoms with van der Waals surface area (Å²) in [5, 5.41) is 15.2. The second kappa shape index (κ2) is 9.18. The van der Waals surface area contributed by atoms with Gasteiger partial charge in [-0.25, -0.2) is 4.79 Å². The number of methoxy groups -OCH3 is 1. The Bertz CT molecular complexity index is 994. The summed E-state index contributed by atoms with van der Waals surface area (Å²) in [6.45, 7) is 0.142. The Morgan fingerprint density at radius 1 is 1.10 bits per heavy atom. The van der Waals surface area contributed by atoms with Crippen LogP contribution < -0.4 is 10.6 Å². The van der Waals surface area contributed by atoms with Crippen molar-refractivity contribution < 1.29 is 28.6 Å². The molecular formula is C20H18N2O6S. The number of ether oxygens (including phenoxy) is 1. The minimum Gasteiger partial charge on any atom is -0.466 e. The van der Waals surface area contributed by atoms with E-state index in [-0.39, 0.29) is 6.54 Å². The van der Waals surface area contributed by atoms with E-state index in [1.807, 2.05) is 0 Å². The average molecular weight is 414 g/mol. The van der Waals surface area contributed by atoms with Gasteiger partial charge in [-0.1, -0.05) is 0 Å². The summed E-state index contributed by atoms with van der Waals surface area (Å²) in [6, 6.07) is 12.8. The van der Waals surface area contributed by atoms with Crippen molar-refractivity contribution in [3.8, 4) is 0 Å². The SMILES string of the molecule is COC(=O)c1ccc(NC(=O)C(=O)NCc2ccc([C@@H](O)c3ccco3)s2)cc1. The number of esters is 1. The van der Waals surface area contributed by atoms with Crippen molar-refractivity contribution in [3.63, 3.8) is 0 Å². The largest absolute Gasteiger partial charge is 0.466 e. The van der Waals surface area contributed by atoms with Crippen LogP contribution in [0.25, 0.3) is 0 Å². The molecule has 150 valence electrons. The number of thiophene rings is 1. The fraction of sp³-hybridized carbons (Fsp3) is 0.150. The van der Waals surface area contributed by atoms with Gasteiger partial charge in [-0.05, 0) is 48.5 Å².